The summed E-state index contributed by atoms with van der Waals surface area (Å²) in [4.78, 5) is 29.7. The van der Waals surface area contributed by atoms with Crippen LogP contribution >= 0.6 is 0 Å². The van der Waals surface area contributed by atoms with Crippen molar-refractivity contribution in [3.8, 4) is 0 Å². The minimum atomic E-state index is -0.853. The number of hydrogen-bond donors (Lipinski definition) is 2. The summed E-state index contributed by atoms with van der Waals surface area (Å²) in [5, 5.41) is 13.1. The Bertz CT molecular complexity index is 814. The van der Waals surface area contributed by atoms with Crippen molar-refractivity contribution in [2.24, 2.45) is 0 Å². The zero-order chi connectivity index (χ0) is 18.1. The van der Waals surface area contributed by atoms with E-state index in [-0.39, 0.29) is 19.0 Å². The van der Waals surface area contributed by atoms with E-state index in [4.69, 9.17) is 0 Å². The third-order valence-electron chi connectivity index (χ3n) is 4.72. The van der Waals surface area contributed by atoms with Gasteiger partial charge in [-0.15, -0.1) is 0 Å². The minimum absolute atomic E-state index is 0.0185. The van der Waals surface area contributed by atoms with Crippen LogP contribution in [0.25, 0.3) is 11.0 Å². The molecule has 3 amide bonds. The van der Waals surface area contributed by atoms with Crippen molar-refractivity contribution < 1.29 is 14.7 Å². The maximum absolute atomic E-state index is 12.3. The maximum Gasteiger partial charge on any atom is 0.324 e. The van der Waals surface area contributed by atoms with Crippen molar-refractivity contribution >= 4 is 23.0 Å². The van der Waals surface area contributed by atoms with Crippen molar-refractivity contribution in [1.82, 2.24) is 19.8 Å². The van der Waals surface area contributed by atoms with Gasteiger partial charge in [-0.05, 0) is 43.5 Å². The number of aromatic nitrogens is 2. The van der Waals surface area contributed by atoms with Crippen LogP contribution in [0, 0.1) is 13.8 Å². The smallest absolute Gasteiger partial charge is 0.324 e. The molecule has 0 aliphatic carbocycles. The van der Waals surface area contributed by atoms with E-state index in [2.05, 4.69) is 10.3 Å². The van der Waals surface area contributed by atoms with E-state index in [1.165, 1.54) is 5.56 Å². The highest BCUT2D eigenvalue weighted by Gasteiger charge is 2.38. The Morgan fingerprint density at radius 1 is 1.24 bits per heavy atom. The van der Waals surface area contributed by atoms with Gasteiger partial charge in [0.25, 0.3) is 5.91 Å². The number of rotatable bonds is 6. The van der Waals surface area contributed by atoms with Gasteiger partial charge in [0, 0.05) is 0 Å². The molecule has 7 nitrogen and oxygen atoms in total. The summed E-state index contributed by atoms with van der Waals surface area (Å²) in [7, 11) is 0. The molecule has 1 aliphatic heterocycles. The number of carbonyl (C=O) groups excluding carboxylic acids is 2. The molecule has 3 rings (SSSR count). The summed E-state index contributed by atoms with van der Waals surface area (Å²) in [5.41, 5.74) is 4.12. The lowest BCUT2D eigenvalue weighted by atomic mass is 10.1. The molecule has 1 saturated heterocycles. The molecular formula is C18H24N4O3. The number of aryl methyl sites for hydroxylation is 2. The van der Waals surface area contributed by atoms with Gasteiger partial charge in [-0.3, -0.25) is 9.69 Å². The molecule has 2 N–H and O–H groups in total. The normalized spacial score (nSPS) is 18.9. The molecule has 7 heteroatoms. The SMILES string of the molecule is CCCC1NC(=O)N(CC(O)Cn2cnc3cc(C)c(C)cc32)C1=O. The van der Waals surface area contributed by atoms with E-state index < -0.39 is 18.2 Å². The molecule has 2 heterocycles. The lowest BCUT2D eigenvalue weighted by Gasteiger charge is -2.18. The predicted octanol–water partition coefficient (Wildman–Crippen LogP) is 1.73. The van der Waals surface area contributed by atoms with Gasteiger partial charge >= 0.3 is 6.03 Å². The molecule has 0 radical (unpaired) electrons. The molecule has 0 bridgehead atoms. The van der Waals surface area contributed by atoms with Crippen LogP contribution in [0.1, 0.15) is 30.9 Å². The van der Waals surface area contributed by atoms with Crippen LogP contribution in [0.4, 0.5) is 4.79 Å². The van der Waals surface area contributed by atoms with Gasteiger partial charge in [-0.25, -0.2) is 9.78 Å². The molecule has 0 saturated carbocycles. The number of aliphatic hydroxyl groups excluding tert-OH is 1. The zero-order valence-corrected chi connectivity index (χ0v) is 14.8. The summed E-state index contributed by atoms with van der Waals surface area (Å²) in [6, 6.07) is 3.16. The Morgan fingerprint density at radius 2 is 1.96 bits per heavy atom. The summed E-state index contributed by atoms with van der Waals surface area (Å²) in [5.74, 6) is -0.257. The first-order valence-electron chi connectivity index (χ1n) is 8.62. The monoisotopic (exact) mass is 344 g/mol. The number of imide groups is 1. The molecule has 1 fully saturated rings. The lowest BCUT2D eigenvalue weighted by molar-refractivity contribution is -0.128. The number of β-amino-alcohol motifs (C(OH)–C–C–N with tert-alkyl or cyclic N) is 1. The minimum Gasteiger partial charge on any atom is -0.389 e. The fraction of sp³-hybridized carbons (Fsp3) is 0.500. The number of aliphatic hydroxyl groups is 1. The van der Waals surface area contributed by atoms with E-state index >= 15 is 0 Å². The lowest BCUT2D eigenvalue weighted by Crippen LogP contribution is -2.39. The molecule has 2 unspecified atom stereocenters. The van der Waals surface area contributed by atoms with Crippen LogP contribution < -0.4 is 5.32 Å². The Labute approximate surface area is 146 Å². The number of nitrogens with zero attached hydrogens (tertiary/aromatic N) is 3. The summed E-state index contributed by atoms with van der Waals surface area (Å²) < 4.78 is 1.86. The van der Waals surface area contributed by atoms with Crippen molar-refractivity contribution in [3.63, 3.8) is 0 Å². The molecule has 2 aromatic rings. The first-order valence-corrected chi connectivity index (χ1v) is 8.62. The fourth-order valence-corrected chi connectivity index (χ4v) is 3.19. The largest absolute Gasteiger partial charge is 0.389 e. The molecule has 134 valence electrons. The van der Waals surface area contributed by atoms with Crippen LogP contribution in [0.15, 0.2) is 18.5 Å². The van der Waals surface area contributed by atoms with Gasteiger partial charge in [0.2, 0.25) is 0 Å². The zero-order valence-electron chi connectivity index (χ0n) is 14.8. The summed E-state index contributed by atoms with van der Waals surface area (Å²) >= 11 is 0. The van der Waals surface area contributed by atoms with E-state index in [1.54, 1.807) is 6.33 Å². The van der Waals surface area contributed by atoms with Crippen LogP contribution in [-0.2, 0) is 11.3 Å². The molecule has 2 atom stereocenters. The third kappa shape index (κ3) is 3.37. The number of imidazole rings is 1. The van der Waals surface area contributed by atoms with Gasteiger partial charge in [0.15, 0.2) is 0 Å². The Balaban J connectivity index is 1.71. The van der Waals surface area contributed by atoms with E-state index in [0.717, 1.165) is 27.9 Å². The molecule has 1 aliphatic rings. The number of amides is 3. The highest BCUT2D eigenvalue weighted by Crippen LogP contribution is 2.19. The number of carbonyl (C=O) groups is 2. The van der Waals surface area contributed by atoms with Crippen LogP contribution in [0.5, 0.6) is 0 Å². The maximum atomic E-state index is 12.3. The molecule has 0 spiro atoms. The predicted molar refractivity (Wildman–Crippen MR) is 94.2 cm³/mol. The van der Waals surface area contributed by atoms with Crippen LogP contribution in [0.2, 0.25) is 0 Å². The third-order valence-corrected chi connectivity index (χ3v) is 4.72. The van der Waals surface area contributed by atoms with Crippen molar-refractivity contribution in [2.75, 3.05) is 6.54 Å². The highest BCUT2D eigenvalue weighted by atomic mass is 16.3. The number of benzene rings is 1. The van der Waals surface area contributed by atoms with Crippen LogP contribution in [0.3, 0.4) is 0 Å². The summed E-state index contributed by atoms with van der Waals surface area (Å²) in [6.07, 6.45) is 2.25. The number of fused-ring (bicyclic) bond motifs is 1. The van der Waals surface area contributed by atoms with E-state index in [1.807, 2.05) is 37.5 Å². The Morgan fingerprint density at radius 3 is 2.68 bits per heavy atom. The van der Waals surface area contributed by atoms with E-state index in [0.29, 0.717) is 6.42 Å². The van der Waals surface area contributed by atoms with Gasteiger partial charge < -0.3 is 15.0 Å². The number of urea groups is 1. The first-order chi connectivity index (χ1) is 11.9. The average Bonchev–Trinajstić information content (AvgIpc) is 3.04. The highest BCUT2D eigenvalue weighted by molar-refractivity contribution is 6.04. The second-order valence-electron chi connectivity index (χ2n) is 6.72. The average molecular weight is 344 g/mol. The van der Waals surface area contributed by atoms with Crippen molar-refractivity contribution in [1.29, 1.82) is 0 Å². The molecule has 1 aromatic heterocycles. The van der Waals surface area contributed by atoms with Gasteiger partial charge in [-0.2, -0.15) is 0 Å². The van der Waals surface area contributed by atoms with Gasteiger partial charge in [0.05, 0.1) is 36.6 Å². The van der Waals surface area contributed by atoms with Gasteiger partial charge in [-0.1, -0.05) is 13.3 Å². The molecular weight excluding hydrogens is 320 g/mol. The van der Waals surface area contributed by atoms with Crippen molar-refractivity contribution in [2.45, 2.75) is 52.3 Å². The second-order valence-corrected chi connectivity index (χ2v) is 6.72. The number of hydrogen-bond acceptors (Lipinski definition) is 4. The molecule has 1 aromatic carbocycles. The summed E-state index contributed by atoms with van der Waals surface area (Å²) in [6.45, 7) is 6.28. The second kappa shape index (κ2) is 6.84. The molecule has 25 heavy (non-hydrogen) atoms. The van der Waals surface area contributed by atoms with Crippen molar-refractivity contribution in [3.05, 3.63) is 29.6 Å². The number of nitrogens with one attached hydrogen (secondary N) is 1. The fourth-order valence-electron chi connectivity index (χ4n) is 3.19. The van der Waals surface area contributed by atoms with Gasteiger partial charge in [0.1, 0.15) is 6.04 Å². The Kier molecular flexibility index (Phi) is 4.76. The first kappa shape index (κ1) is 17.4. The topological polar surface area (TPSA) is 87.5 Å². The van der Waals surface area contributed by atoms with Crippen LogP contribution in [-0.4, -0.2) is 50.2 Å². The Hall–Kier alpha value is -2.41. The quantitative estimate of drug-likeness (QED) is 0.781. The van der Waals surface area contributed by atoms with E-state index in [9.17, 15) is 14.7 Å². The standard InChI is InChI=1S/C18H24N4O3/c1-4-5-14-17(24)22(18(25)20-14)9-13(23)8-21-10-19-15-6-11(2)12(3)7-16(15)21/h6-7,10,13-14,23H,4-5,8-9H2,1-3H3,(H,20,25).